The zero-order valence-electron chi connectivity index (χ0n) is 16.5. The molecule has 0 unspecified atom stereocenters. The standard InChI is InChI=1S/C22H24F3N3O2/c23-22(24,25)17-2-4-18(5-3-17)28-11-9-27(10-12-28)8-1-13-30-19-6-7-20-16(14-19)15-21(29)26-20/h2-7,14H,1,8-13,15H2,(H,26,29). The smallest absolute Gasteiger partial charge is 0.416 e. The minimum Gasteiger partial charge on any atom is -0.494 e. The van der Waals surface area contributed by atoms with Crippen LogP contribution in [0.25, 0.3) is 0 Å². The minimum atomic E-state index is -4.30. The van der Waals surface area contributed by atoms with Crippen molar-refractivity contribution in [2.45, 2.75) is 19.0 Å². The van der Waals surface area contributed by atoms with Crippen molar-refractivity contribution in [1.82, 2.24) is 4.90 Å². The number of hydrogen-bond donors (Lipinski definition) is 1. The molecule has 0 atom stereocenters. The molecule has 1 saturated heterocycles. The Balaban J connectivity index is 1.18. The molecule has 2 heterocycles. The van der Waals surface area contributed by atoms with E-state index in [-0.39, 0.29) is 5.91 Å². The molecule has 0 aromatic heterocycles. The lowest BCUT2D eigenvalue weighted by molar-refractivity contribution is -0.137. The number of benzene rings is 2. The van der Waals surface area contributed by atoms with Crippen LogP contribution in [0, 0.1) is 0 Å². The van der Waals surface area contributed by atoms with Gasteiger partial charge in [0.05, 0.1) is 18.6 Å². The van der Waals surface area contributed by atoms with E-state index in [9.17, 15) is 18.0 Å². The average molecular weight is 419 g/mol. The predicted octanol–water partition coefficient (Wildman–Crippen LogP) is 3.79. The van der Waals surface area contributed by atoms with Crippen LogP contribution in [0.2, 0.25) is 0 Å². The first-order chi connectivity index (χ1) is 14.4. The van der Waals surface area contributed by atoms with Gasteiger partial charge in [0.25, 0.3) is 0 Å². The fourth-order valence-electron chi connectivity index (χ4n) is 3.86. The van der Waals surface area contributed by atoms with Gasteiger partial charge in [-0.25, -0.2) is 0 Å². The molecule has 4 rings (SSSR count). The number of alkyl halides is 3. The topological polar surface area (TPSA) is 44.8 Å². The van der Waals surface area contributed by atoms with Crippen molar-refractivity contribution in [2.24, 2.45) is 0 Å². The molecular weight excluding hydrogens is 395 g/mol. The number of ether oxygens (including phenoxy) is 1. The molecule has 2 aliphatic rings. The van der Waals surface area contributed by atoms with Gasteiger partial charge in [-0.3, -0.25) is 9.69 Å². The first-order valence-electron chi connectivity index (χ1n) is 10.1. The Kier molecular flexibility index (Phi) is 5.85. The van der Waals surface area contributed by atoms with Gasteiger partial charge in [0.15, 0.2) is 0 Å². The highest BCUT2D eigenvalue weighted by Crippen LogP contribution is 2.31. The molecule has 1 amide bonds. The molecule has 2 aromatic rings. The molecule has 5 nitrogen and oxygen atoms in total. The van der Waals surface area contributed by atoms with E-state index in [0.29, 0.717) is 13.0 Å². The third kappa shape index (κ3) is 4.87. The summed E-state index contributed by atoms with van der Waals surface area (Å²) in [4.78, 5) is 15.9. The number of carbonyl (C=O) groups excluding carboxylic acids is 1. The second-order valence-corrected chi connectivity index (χ2v) is 7.62. The van der Waals surface area contributed by atoms with E-state index in [4.69, 9.17) is 4.74 Å². The molecule has 0 bridgehead atoms. The largest absolute Gasteiger partial charge is 0.494 e. The first kappa shape index (κ1) is 20.5. The molecule has 2 aliphatic heterocycles. The zero-order valence-corrected chi connectivity index (χ0v) is 16.5. The predicted molar refractivity (Wildman–Crippen MR) is 109 cm³/mol. The van der Waals surface area contributed by atoms with Gasteiger partial charge in [-0.1, -0.05) is 0 Å². The number of halogens is 3. The van der Waals surface area contributed by atoms with E-state index in [1.54, 1.807) is 12.1 Å². The van der Waals surface area contributed by atoms with Crippen molar-refractivity contribution >= 4 is 17.3 Å². The maximum Gasteiger partial charge on any atom is 0.416 e. The zero-order chi connectivity index (χ0) is 21.1. The van der Waals surface area contributed by atoms with E-state index >= 15 is 0 Å². The lowest BCUT2D eigenvalue weighted by Gasteiger charge is -2.36. The Morgan fingerprint density at radius 2 is 1.73 bits per heavy atom. The summed E-state index contributed by atoms with van der Waals surface area (Å²) in [6, 6.07) is 11.0. The quantitative estimate of drug-likeness (QED) is 0.724. The van der Waals surface area contributed by atoms with Crippen molar-refractivity contribution in [3.8, 4) is 5.75 Å². The summed E-state index contributed by atoms with van der Waals surface area (Å²) in [5.74, 6) is 0.787. The van der Waals surface area contributed by atoms with Crippen LogP contribution in [0.1, 0.15) is 17.5 Å². The van der Waals surface area contributed by atoms with Crippen LogP contribution in [-0.4, -0.2) is 50.1 Å². The fourth-order valence-corrected chi connectivity index (χ4v) is 3.86. The molecule has 0 saturated carbocycles. The van der Waals surface area contributed by atoms with Gasteiger partial charge in [0.2, 0.25) is 5.91 Å². The van der Waals surface area contributed by atoms with Crippen LogP contribution in [0.4, 0.5) is 24.5 Å². The lowest BCUT2D eigenvalue weighted by atomic mass is 10.1. The number of carbonyl (C=O) groups is 1. The number of piperazine rings is 1. The Morgan fingerprint density at radius 3 is 2.43 bits per heavy atom. The molecule has 8 heteroatoms. The summed E-state index contributed by atoms with van der Waals surface area (Å²) in [5.41, 5.74) is 2.04. The normalized spacial score (nSPS) is 17.0. The second kappa shape index (κ2) is 8.55. The van der Waals surface area contributed by atoms with Crippen LogP contribution in [-0.2, 0) is 17.4 Å². The van der Waals surface area contributed by atoms with Crippen molar-refractivity contribution in [3.05, 3.63) is 53.6 Å². The number of rotatable bonds is 6. The van der Waals surface area contributed by atoms with Crippen LogP contribution in [0.3, 0.4) is 0 Å². The highest BCUT2D eigenvalue weighted by Gasteiger charge is 2.30. The Morgan fingerprint density at radius 1 is 1.00 bits per heavy atom. The summed E-state index contributed by atoms with van der Waals surface area (Å²) in [6.45, 7) is 4.82. The molecule has 0 radical (unpaired) electrons. The molecule has 1 N–H and O–H groups in total. The molecule has 0 spiro atoms. The van der Waals surface area contributed by atoms with Crippen molar-refractivity contribution in [2.75, 3.05) is 49.5 Å². The lowest BCUT2D eigenvalue weighted by Crippen LogP contribution is -2.46. The molecule has 30 heavy (non-hydrogen) atoms. The van der Waals surface area contributed by atoms with Crippen LogP contribution < -0.4 is 15.0 Å². The van der Waals surface area contributed by atoms with E-state index in [1.807, 2.05) is 18.2 Å². The van der Waals surface area contributed by atoms with Crippen LogP contribution >= 0.6 is 0 Å². The van der Waals surface area contributed by atoms with E-state index in [1.165, 1.54) is 0 Å². The summed E-state index contributed by atoms with van der Waals surface area (Å²) in [7, 11) is 0. The van der Waals surface area contributed by atoms with Crippen molar-refractivity contribution in [1.29, 1.82) is 0 Å². The summed E-state index contributed by atoms with van der Waals surface area (Å²) < 4.78 is 43.9. The van der Waals surface area contributed by atoms with Gasteiger partial charge in [-0.2, -0.15) is 13.2 Å². The fraction of sp³-hybridized carbons (Fsp3) is 0.409. The number of nitrogens with zero attached hydrogens (tertiary/aromatic N) is 2. The average Bonchev–Trinajstić information content (AvgIpc) is 3.10. The number of anilines is 2. The Labute approximate surface area is 173 Å². The minimum absolute atomic E-state index is 0.0117. The van der Waals surface area contributed by atoms with Gasteiger partial charge in [0, 0.05) is 44.1 Å². The third-order valence-electron chi connectivity index (χ3n) is 5.52. The SMILES string of the molecule is O=C1Cc2cc(OCCCN3CCN(c4ccc(C(F)(F)F)cc4)CC3)ccc2N1. The number of hydrogen-bond acceptors (Lipinski definition) is 4. The molecular formula is C22H24F3N3O2. The van der Waals surface area contributed by atoms with E-state index in [2.05, 4.69) is 15.1 Å². The van der Waals surface area contributed by atoms with Crippen LogP contribution in [0.5, 0.6) is 5.75 Å². The van der Waals surface area contributed by atoms with Crippen molar-refractivity contribution < 1.29 is 22.7 Å². The van der Waals surface area contributed by atoms with Gasteiger partial charge in [-0.15, -0.1) is 0 Å². The maximum absolute atomic E-state index is 12.7. The van der Waals surface area contributed by atoms with Gasteiger partial charge in [-0.05, 0) is 54.4 Å². The Hall–Kier alpha value is -2.74. The number of fused-ring (bicyclic) bond motifs is 1. The molecule has 1 fully saturated rings. The third-order valence-corrected chi connectivity index (χ3v) is 5.52. The summed E-state index contributed by atoms with van der Waals surface area (Å²) in [6.07, 6.45) is -3.02. The molecule has 160 valence electrons. The van der Waals surface area contributed by atoms with E-state index in [0.717, 1.165) is 74.0 Å². The monoisotopic (exact) mass is 419 g/mol. The Bertz CT molecular complexity index is 891. The molecule has 0 aliphatic carbocycles. The summed E-state index contributed by atoms with van der Waals surface area (Å²) >= 11 is 0. The number of amides is 1. The second-order valence-electron chi connectivity index (χ2n) is 7.62. The van der Waals surface area contributed by atoms with E-state index < -0.39 is 11.7 Å². The maximum atomic E-state index is 12.7. The van der Waals surface area contributed by atoms with Gasteiger partial charge < -0.3 is 15.0 Å². The highest BCUT2D eigenvalue weighted by atomic mass is 19.4. The molecule has 2 aromatic carbocycles. The van der Waals surface area contributed by atoms with Gasteiger partial charge in [0.1, 0.15) is 5.75 Å². The summed E-state index contributed by atoms with van der Waals surface area (Å²) in [5, 5.41) is 2.80. The van der Waals surface area contributed by atoms with Crippen LogP contribution in [0.15, 0.2) is 42.5 Å². The first-order valence-corrected chi connectivity index (χ1v) is 10.1. The van der Waals surface area contributed by atoms with Crippen molar-refractivity contribution in [3.63, 3.8) is 0 Å². The highest BCUT2D eigenvalue weighted by molar-refractivity contribution is 5.99. The number of nitrogens with one attached hydrogen (secondary N) is 1. The van der Waals surface area contributed by atoms with Gasteiger partial charge >= 0.3 is 6.18 Å².